The summed E-state index contributed by atoms with van der Waals surface area (Å²) in [6, 6.07) is 6.90. The molecule has 1 fully saturated rings. The first-order valence-electron chi connectivity index (χ1n) is 6.93. The normalized spacial score (nSPS) is 22.2. The monoisotopic (exact) mass is 266 g/mol. The van der Waals surface area contributed by atoms with Crippen molar-refractivity contribution in [1.82, 2.24) is 0 Å². The summed E-state index contributed by atoms with van der Waals surface area (Å²) in [5, 5.41) is 0. The second-order valence-electron chi connectivity index (χ2n) is 5.32. The molecule has 1 heterocycles. The topological polar surface area (TPSA) is 38.5 Å². The van der Waals surface area contributed by atoms with Gasteiger partial charge in [-0.15, -0.1) is 0 Å². The first-order valence-corrected chi connectivity index (χ1v) is 6.93. The highest BCUT2D eigenvalue weighted by Gasteiger charge is 2.40. The fraction of sp³-hybridized carbons (Fsp3) is 0.600. The number of nitrogens with zero attached hydrogens (tertiary/aromatic N) is 1. The smallest absolute Gasteiger partial charge is 0.146 e. The molecule has 3 nitrogen and oxygen atoms in total. The lowest BCUT2D eigenvalue weighted by Crippen LogP contribution is -2.57. The van der Waals surface area contributed by atoms with Gasteiger partial charge in [0.1, 0.15) is 5.82 Å². The predicted octanol–water partition coefficient (Wildman–Crippen LogP) is 2.41. The Hall–Kier alpha value is -1.13. The Morgan fingerprint density at radius 2 is 2.21 bits per heavy atom. The van der Waals surface area contributed by atoms with Crippen LogP contribution in [0.4, 0.5) is 10.1 Å². The number of nitrogens with two attached hydrogens (primary N) is 1. The molecule has 0 bridgehead atoms. The molecule has 0 amide bonds. The van der Waals surface area contributed by atoms with Gasteiger partial charge < -0.3 is 15.4 Å². The van der Waals surface area contributed by atoms with Crippen molar-refractivity contribution >= 4 is 5.69 Å². The van der Waals surface area contributed by atoms with Crippen molar-refractivity contribution in [2.75, 3.05) is 31.2 Å². The minimum absolute atomic E-state index is 0.192. The summed E-state index contributed by atoms with van der Waals surface area (Å²) in [4.78, 5) is 2.08. The van der Waals surface area contributed by atoms with E-state index in [9.17, 15) is 4.39 Å². The molecular formula is C15H23FN2O. The first kappa shape index (κ1) is 14.3. The van der Waals surface area contributed by atoms with Crippen molar-refractivity contribution in [1.29, 1.82) is 0 Å². The van der Waals surface area contributed by atoms with E-state index in [1.807, 2.05) is 19.1 Å². The Bertz CT molecular complexity index is 420. The first-order chi connectivity index (χ1) is 9.13. The van der Waals surface area contributed by atoms with Crippen LogP contribution in [0.5, 0.6) is 0 Å². The lowest BCUT2D eigenvalue weighted by Gasteiger charge is -2.45. The van der Waals surface area contributed by atoms with E-state index < -0.39 is 0 Å². The van der Waals surface area contributed by atoms with Gasteiger partial charge in [-0.05, 0) is 32.4 Å². The van der Waals surface area contributed by atoms with Gasteiger partial charge in [-0.2, -0.15) is 0 Å². The molecule has 1 aromatic rings. The van der Waals surface area contributed by atoms with Gasteiger partial charge in [0.2, 0.25) is 0 Å². The van der Waals surface area contributed by atoms with Gasteiger partial charge in [-0.25, -0.2) is 4.39 Å². The van der Waals surface area contributed by atoms with Gasteiger partial charge in [0.25, 0.3) is 0 Å². The van der Waals surface area contributed by atoms with Gasteiger partial charge in [-0.3, -0.25) is 0 Å². The number of hydrogen-bond acceptors (Lipinski definition) is 3. The SMILES string of the molecule is CCN(c1ccccc1F)C(C)(CN)C1CCOC1. The van der Waals surface area contributed by atoms with E-state index in [-0.39, 0.29) is 11.4 Å². The van der Waals surface area contributed by atoms with Crippen LogP contribution in [-0.4, -0.2) is 31.8 Å². The highest BCUT2D eigenvalue weighted by molar-refractivity contribution is 5.50. The molecule has 2 rings (SSSR count). The molecule has 1 aliphatic rings. The lowest BCUT2D eigenvalue weighted by atomic mass is 9.82. The largest absolute Gasteiger partial charge is 0.381 e. The summed E-state index contributed by atoms with van der Waals surface area (Å²) in [6.45, 7) is 6.85. The highest BCUT2D eigenvalue weighted by atomic mass is 19.1. The van der Waals surface area contributed by atoms with E-state index in [0.29, 0.717) is 24.8 Å². The van der Waals surface area contributed by atoms with E-state index in [4.69, 9.17) is 10.5 Å². The zero-order valence-corrected chi connectivity index (χ0v) is 11.7. The van der Waals surface area contributed by atoms with E-state index >= 15 is 0 Å². The number of ether oxygens (including phenoxy) is 1. The molecule has 2 N–H and O–H groups in total. The zero-order chi connectivity index (χ0) is 13.9. The molecule has 4 heteroatoms. The van der Waals surface area contributed by atoms with Crippen LogP contribution >= 0.6 is 0 Å². The summed E-state index contributed by atoms with van der Waals surface area (Å²) >= 11 is 0. The number of anilines is 1. The maximum atomic E-state index is 14.1. The minimum Gasteiger partial charge on any atom is -0.381 e. The number of rotatable bonds is 5. The maximum Gasteiger partial charge on any atom is 0.146 e. The third-order valence-electron chi connectivity index (χ3n) is 4.30. The van der Waals surface area contributed by atoms with Crippen LogP contribution in [0.15, 0.2) is 24.3 Å². The van der Waals surface area contributed by atoms with Crippen molar-refractivity contribution in [2.45, 2.75) is 25.8 Å². The van der Waals surface area contributed by atoms with Gasteiger partial charge >= 0.3 is 0 Å². The fourth-order valence-electron chi connectivity index (χ4n) is 3.00. The molecule has 0 saturated carbocycles. The van der Waals surface area contributed by atoms with Crippen LogP contribution in [0.1, 0.15) is 20.3 Å². The van der Waals surface area contributed by atoms with Gasteiger partial charge in [-0.1, -0.05) is 12.1 Å². The number of benzene rings is 1. The molecule has 0 aromatic heterocycles. The van der Waals surface area contributed by atoms with Crippen molar-refractivity contribution in [3.8, 4) is 0 Å². The number of hydrogen-bond donors (Lipinski definition) is 1. The molecular weight excluding hydrogens is 243 g/mol. The second-order valence-corrected chi connectivity index (χ2v) is 5.32. The Labute approximate surface area is 114 Å². The Balaban J connectivity index is 2.35. The molecule has 1 aromatic carbocycles. The molecule has 19 heavy (non-hydrogen) atoms. The molecule has 1 aliphatic heterocycles. The summed E-state index contributed by atoms with van der Waals surface area (Å²) in [7, 11) is 0. The highest BCUT2D eigenvalue weighted by Crippen LogP contribution is 2.35. The molecule has 106 valence electrons. The summed E-state index contributed by atoms with van der Waals surface area (Å²) in [6.07, 6.45) is 0.985. The van der Waals surface area contributed by atoms with Crippen molar-refractivity contribution in [3.05, 3.63) is 30.1 Å². The second kappa shape index (κ2) is 5.88. The quantitative estimate of drug-likeness (QED) is 0.889. The van der Waals surface area contributed by atoms with Crippen molar-refractivity contribution < 1.29 is 9.13 Å². The molecule has 0 spiro atoms. The summed E-state index contributed by atoms with van der Waals surface area (Å²) in [5.74, 6) is 0.153. The minimum atomic E-state index is -0.270. The summed E-state index contributed by atoms with van der Waals surface area (Å²) < 4.78 is 19.6. The van der Waals surface area contributed by atoms with E-state index in [1.54, 1.807) is 6.07 Å². The van der Waals surface area contributed by atoms with Gasteiger partial charge in [0.05, 0.1) is 17.8 Å². The van der Waals surface area contributed by atoms with Crippen LogP contribution in [0, 0.1) is 11.7 Å². The van der Waals surface area contributed by atoms with Crippen molar-refractivity contribution in [2.24, 2.45) is 11.7 Å². The third kappa shape index (κ3) is 2.60. The standard InChI is InChI=1S/C15H23FN2O/c1-3-18(14-7-5-4-6-13(14)16)15(2,11-17)12-8-9-19-10-12/h4-7,12H,3,8-11,17H2,1-2H3. The van der Waals surface area contributed by atoms with Crippen LogP contribution in [0.3, 0.4) is 0 Å². The van der Waals surface area contributed by atoms with Crippen LogP contribution in [0.2, 0.25) is 0 Å². The van der Waals surface area contributed by atoms with Crippen LogP contribution < -0.4 is 10.6 Å². The molecule has 1 saturated heterocycles. The summed E-state index contributed by atoms with van der Waals surface area (Å²) in [5.41, 5.74) is 6.39. The van der Waals surface area contributed by atoms with Crippen LogP contribution in [0.25, 0.3) is 0 Å². The predicted molar refractivity (Wildman–Crippen MR) is 75.8 cm³/mol. The van der Waals surface area contributed by atoms with E-state index in [0.717, 1.165) is 19.6 Å². The maximum absolute atomic E-state index is 14.1. The van der Waals surface area contributed by atoms with Gasteiger partial charge in [0.15, 0.2) is 0 Å². The van der Waals surface area contributed by atoms with E-state index in [2.05, 4.69) is 11.8 Å². The Kier molecular flexibility index (Phi) is 4.42. The Morgan fingerprint density at radius 1 is 1.47 bits per heavy atom. The molecule has 2 unspecified atom stereocenters. The van der Waals surface area contributed by atoms with Gasteiger partial charge in [0, 0.05) is 25.6 Å². The fourth-order valence-corrected chi connectivity index (χ4v) is 3.00. The number of likely N-dealkylation sites (N-methyl/N-ethyl adjacent to an activating group) is 1. The van der Waals surface area contributed by atoms with Crippen LogP contribution in [-0.2, 0) is 4.74 Å². The average molecular weight is 266 g/mol. The molecule has 0 radical (unpaired) electrons. The third-order valence-corrected chi connectivity index (χ3v) is 4.30. The van der Waals surface area contributed by atoms with E-state index in [1.165, 1.54) is 6.07 Å². The average Bonchev–Trinajstić information content (AvgIpc) is 2.96. The molecule has 0 aliphatic carbocycles. The Morgan fingerprint density at radius 3 is 2.74 bits per heavy atom. The lowest BCUT2D eigenvalue weighted by molar-refractivity contribution is 0.165. The molecule has 2 atom stereocenters. The zero-order valence-electron chi connectivity index (χ0n) is 11.7. The number of para-hydroxylation sites is 1. The number of halogens is 1. The van der Waals surface area contributed by atoms with Crippen molar-refractivity contribution in [3.63, 3.8) is 0 Å².